The molecule has 1 fully saturated rings. The van der Waals surface area contributed by atoms with Gasteiger partial charge in [0.25, 0.3) is 0 Å². The summed E-state index contributed by atoms with van der Waals surface area (Å²) in [6, 6.07) is 3.16. The minimum absolute atomic E-state index is 0.0656. The number of hydrogen-bond donors (Lipinski definition) is 0. The first kappa shape index (κ1) is 14.8. The van der Waals surface area contributed by atoms with E-state index in [4.69, 9.17) is 4.74 Å². The van der Waals surface area contributed by atoms with Crippen LogP contribution in [-0.4, -0.2) is 0 Å². The SMILES string of the molecule is C=CC1CCC(c2ccc(O/C=C/C)c(F)c2F)CC1. The lowest BCUT2D eigenvalue weighted by molar-refractivity contribution is 0.359. The predicted molar refractivity (Wildman–Crippen MR) is 76.7 cm³/mol. The van der Waals surface area contributed by atoms with Crippen LogP contribution in [0, 0.1) is 17.6 Å². The summed E-state index contributed by atoms with van der Waals surface area (Å²) in [5.41, 5.74) is 0.470. The third-order valence-corrected chi connectivity index (χ3v) is 3.95. The summed E-state index contributed by atoms with van der Waals surface area (Å²) < 4.78 is 33.1. The summed E-state index contributed by atoms with van der Waals surface area (Å²) in [7, 11) is 0. The van der Waals surface area contributed by atoms with Gasteiger partial charge in [0.1, 0.15) is 0 Å². The number of hydrogen-bond acceptors (Lipinski definition) is 1. The summed E-state index contributed by atoms with van der Waals surface area (Å²) in [5, 5.41) is 0. The van der Waals surface area contributed by atoms with E-state index < -0.39 is 11.6 Å². The third-order valence-electron chi connectivity index (χ3n) is 3.95. The molecule has 0 bridgehead atoms. The number of rotatable bonds is 4. The highest BCUT2D eigenvalue weighted by molar-refractivity contribution is 5.33. The maximum Gasteiger partial charge on any atom is 0.201 e. The smallest absolute Gasteiger partial charge is 0.201 e. The molecule has 0 saturated heterocycles. The van der Waals surface area contributed by atoms with Crippen LogP contribution in [0.4, 0.5) is 8.78 Å². The predicted octanol–water partition coefficient (Wildman–Crippen LogP) is 5.34. The van der Waals surface area contributed by atoms with Gasteiger partial charge in [0.05, 0.1) is 6.26 Å². The fraction of sp³-hybridized carbons (Fsp3) is 0.412. The molecule has 0 N–H and O–H groups in total. The molecule has 0 spiro atoms. The van der Waals surface area contributed by atoms with Crippen molar-refractivity contribution in [3.05, 3.63) is 54.3 Å². The number of ether oxygens (including phenoxy) is 1. The first-order valence-corrected chi connectivity index (χ1v) is 7.05. The number of benzene rings is 1. The van der Waals surface area contributed by atoms with Crippen LogP contribution >= 0.6 is 0 Å². The molecule has 108 valence electrons. The Morgan fingerprint density at radius 2 is 1.85 bits per heavy atom. The highest BCUT2D eigenvalue weighted by Gasteiger charge is 2.25. The molecule has 0 unspecified atom stereocenters. The molecule has 0 aliphatic heterocycles. The molecule has 2 rings (SSSR count). The van der Waals surface area contributed by atoms with Crippen molar-refractivity contribution in [2.75, 3.05) is 0 Å². The minimum atomic E-state index is -0.897. The second-order valence-corrected chi connectivity index (χ2v) is 5.22. The van der Waals surface area contributed by atoms with Crippen molar-refractivity contribution in [3.63, 3.8) is 0 Å². The Balaban J connectivity index is 2.17. The lowest BCUT2D eigenvalue weighted by Gasteiger charge is -2.27. The summed E-state index contributed by atoms with van der Waals surface area (Å²) >= 11 is 0. The summed E-state index contributed by atoms with van der Waals surface area (Å²) in [6.07, 6.45) is 8.66. The number of allylic oxidation sites excluding steroid dienone is 2. The van der Waals surface area contributed by atoms with Gasteiger partial charge < -0.3 is 4.74 Å². The normalized spacial score (nSPS) is 22.9. The monoisotopic (exact) mass is 278 g/mol. The molecular formula is C17H20F2O. The molecular weight excluding hydrogens is 258 g/mol. The van der Waals surface area contributed by atoms with Crippen LogP contribution in [0.25, 0.3) is 0 Å². The van der Waals surface area contributed by atoms with Crippen molar-refractivity contribution in [3.8, 4) is 5.75 Å². The Morgan fingerprint density at radius 3 is 2.45 bits per heavy atom. The average Bonchev–Trinajstić information content (AvgIpc) is 2.49. The maximum absolute atomic E-state index is 14.2. The van der Waals surface area contributed by atoms with Crippen LogP contribution in [0.5, 0.6) is 5.75 Å². The van der Waals surface area contributed by atoms with E-state index in [-0.39, 0.29) is 11.7 Å². The van der Waals surface area contributed by atoms with Crippen LogP contribution in [0.2, 0.25) is 0 Å². The van der Waals surface area contributed by atoms with Crippen LogP contribution in [-0.2, 0) is 0 Å². The molecule has 3 heteroatoms. The largest absolute Gasteiger partial charge is 0.462 e. The molecule has 0 atom stereocenters. The van der Waals surface area contributed by atoms with E-state index in [1.165, 1.54) is 12.3 Å². The van der Waals surface area contributed by atoms with Crippen molar-refractivity contribution in [2.45, 2.75) is 38.5 Å². The van der Waals surface area contributed by atoms with Gasteiger partial charge >= 0.3 is 0 Å². The zero-order chi connectivity index (χ0) is 14.5. The molecule has 1 aromatic rings. The second kappa shape index (κ2) is 6.69. The molecule has 1 saturated carbocycles. The van der Waals surface area contributed by atoms with Gasteiger partial charge in [0, 0.05) is 0 Å². The van der Waals surface area contributed by atoms with E-state index >= 15 is 0 Å². The second-order valence-electron chi connectivity index (χ2n) is 5.22. The van der Waals surface area contributed by atoms with E-state index in [2.05, 4.69) is 6.58 Å². The van der Waals surface area contributed by atoms with Crippen LogP contribution < -0.4 is 4.74 Å². The Hall–Kier alpha value is -1.64. The van der Waals surface area contributed by atoms with Crippen molar-refractivity contribution >= 4 is 0 Å². The van der Waals surface area contributed by atoms with Gasteiger partial charge in [-0.3, -0.25) is 0 Å². The quantitative estimate of drug-likeness (QED) is 0.534. The fourth-order valence-corrected chi connectivity index (χ4v) is 2.76. The minimum Gasteiger partial charge on any atom is -0.462 e. The number of halogens is 2. The van der Waals surface area contributed by atoms with Gasteiger partial charge in [0.15, 0.2) is 11.6 Å². The van der Waals surface area contributed by atoms with Gasteiger partial charge in [-0.25, -0.2) is 4.39 Å². The van der Waals surface area contributed by atoms with E-state index in [1.54, 1.807) is 19.1 Å². The topological polar surface area (TPSA) is 9.23 Å². The molecule has 0 aromatic heterocycles. The lowest BCUT2D eigenvalue weighted by atomic mass is 9.78. The Labute approximate surface area is 119 Å². The summed E-state index contributed by atoms with van der Waals surface area (Å²) in [6.45, 7) is 5.55. The summed E-state index contributed by atoms with van der Waals surface area (Å²) in [4.78, 5) is 0. The molecule has 0 radical (unpaired) electrons. The average molecular weight is 278 g/mol. The van der Waals surface area contributed by atoms with Crippen molar-refractivity contribution in [1.29, 1.82) is 0 Å². The standard InChI is InChI=1S/C17H20F2O/c1-3-11-20-15-10-9-14(16(18)17(15)19)13-7-5-12(4-2)6-8-13/h3-4,9-13H,2,5-8H2,1H3/b11-3+. The zero-order valence-corrected chi connectivity index (χ0v) is 11.7. The van der Waals surface area contributed by atoms with Gasteiger partial charge in [-0.15, -0.1) is 6.58 Å². The first-order valence-electron chi connectivity index (χ1n) is 7.05. The van der Waals surface area contributed by atoms with E-state index in [9.17, 15) is 8.78 Å². The fourth-order valence-electron chi connectivity index (χ4n) is 2.76. The van der Waals surface area contributed by atoms with Gasteiger partial charge in [-0.1, -0.05) is 18.2 Å². The van der Waals surface area contributed by atoms with Crippen molar-refractivity contribution in [2.24, 2.45) is 5.92 Å². The van der Waals surface area contributed by atoms with Gasteiger partial charge in [-0.2, -0.15) is 4.39 Å². The Morgan fingerprint density at radius 1 is 1.15 bits per heavy atom. The highest BCUT2D eigenvalue weighted by atomic mass is 19.2. The lowest BCUT2D eigenvalue weighted by Crippen LogP contribution is -2.13. The Bertz CT molecular complexity index is 500. The van der Waals surface area contributed by atoms with Crippen molar-refractivity contribution in [1.82, 2.24) is 0 Å². The first-order chi connectivity index (χ1) is 9.67. The van der Waals surface area contributed by atoms with Gasteiger partial charge in [0.2, 0.25) is 5.82 Å². The maximum atomic E-state index is 14.2. The van der Waals surface area contributed by atoms with E-state index in [0.717, 1.165) is 25.7 Å². The van der Waals surface area contributed by atoms with Crippen LogP contribution in [0.1, 0.15) is 44.1 Å². The molecule has 20 heavy (non-hydrogen) atoms. The molecule has 1 aliphatic rings. The van der Waals surface area contributed by atoms with Crippen molar-refractivity contribution < 1.29 is 13.5 Å². The van der Waals surface area contributed by atoms with E-state index in [0.29, 0.717) is 11.5 Å². The molecule has 0 amide bonds. The molecule has 0 heterocycles. The summed E-state index contributed by atoms with van der Waals surface area (Å²) in [5.74, 6) is -1.13. The highest BCUT2D eigenvalue weighted by Crippen LogP contribution is 2.38. The Kier molecular flexibility index (Phi) is 4.94. The molecule has 1 aliphatic carbocycles. The molecule has 1 nitrogen and oxygen atoms in total. The van der Waals surface area contributed by atoms with Gasteiger partial charge in [-0.05, 0) is 56.1 Å². The third kappa shape index (κ3) is 3.09. The molecule has 1 aromatic carbocycles. The van der Waals surface area contributed by atoms with Crippen LogP contribution in [0.3, 0.4) is 0 Å². The van der Waals surface area contributed by atoms with E-state index in [1.807, 2.05) is 6.08 Å². The zero-order valence-electron chi connectivity index (χ0n) is 11.7. The van der Waals surface area contributed by atoms with Crippen LogP contribution in [0.15, 0.2) is 37.1 Å².